The number of hydrogen-bond acceptors (Lipinski definition) is 3. The molecule has 1 aliphatic heterocycles. The maximum Gasteiger partial charge on any atom is 0.280 e. The molecule has 2 aromatic carbocycles. The molecule has 3 rings (SSSR count). The molecule has 5 nitrogen and oxygen atoms in total. The molecule has 108 valence electrons. The number of benzene rings is 2. The van der Waals surface area contributed by atoms with E-state index < -0.39 is 17.7 Å². The monoisotopic (exact) mass is 292 g/mol. The quantitative estimate of drug-likeness (QED) is 0.695. The molecule has 0 radical (unpaired) electrons. The van der Waals surface area contributed by atoms with Crippen LogP contribution in [0, 0.1) is 0 Å². The lowest BCUT2D eigenvalue weighted by molar-refractivity contribution is -0.119. The zero-order valence-electron chi connectivity index (χ0n) is 11.5. The highest BCUT2D eigenvalue weighted by Crippen LogP contribution is 2.20. The summed E-state index contributed by atoms with van der Waals surface area (Å²) in [7, 11) is 0. The van der Waals surface area contributed by atoms with Gasteiger partial charge >= 0.3 is 0 Å². The number of carbonyl (C=O) groups excluding carboxylic acids is 3. The van der Waals surface area contributed by atoms with Crippen LogP contribution in [0.2, 0.25) is 0 Å². The lowest BCUT2D eigenvalue weighted by atomic mass is 10.1. The van der Waals surface area contributed by atoms with E-state index in [1.807, 2.05) is 30.3 Å². The van der Waals surface area contributed by atoms with Crippen molar-refractivity contribution in [2.75, 3.05) is 0 Å². The highest BCUT2D eigenvalue weighted by atomic mass is 16.2. The summed E-state index contributed by atoms with van der Waals surface area (Å²) in [4.78, 5) is 36.0. The van der Waals surface area contributed by atoms with Gasteiger partial charge in [-0.05, 0) is 23.8 Å². The van der Waals surface area contributed by atoms with E-state index in [-0.39, 0.29) is 0 Å². The van der Waals surface area contributed by atoms with Gasteiger partial charge in [0.25, 0.3) is 17.7 Å². The summed E-state index contributed by atoms with van der Waals surface area (Å²) in [6, 6.07) is 15.7. The molecule has 1 N–H and O–H groups in total. The van der Waals surface area contributed by atoms with Crippen LogP contribution >= 0.6 is 0 Å². The average Bonchev–Trinajstić information content (AvgIpc) is 2.79. The second kappa shape index (κ2) is 5.65. The standard InChI is InChI=1S/C17H12N2O3/c20-15(11-10-12-6-2-1-3-7-12)18-19-16(21)13-8-4-5-9-14(13)17(19)22/h1-11H,(H,18,20). The van der Waals surface area contributed by atoms with Crippen molar-refractivity contribution in [1.82, 2.24) is 10.4 Å². The zero-order valence-corrected chi connectivity index (χ0v) is 11.5. The molecule has 0 saturated carbocycles. The van der Waals surface area contributed by atoms with Crippen LogP contribution in [0.1, 0.15) is 26.3 Å². The third kappa shape index (κ3) is 2.52. The number of nitrogens with zero attached hydrogens (tertiary/aromatic N) is 1. The summed E-state index contributed by atoms with van der Waals surface area (Å²) in [6.45, 7) is 0. The summed E-state index contributed by atoms with van der Waals surface area (Å²) in [5, 5.41) is 0.738. The Morgan fingerprint density at radius 2 is 1.41 bits per heavy atom. The van der Waals surface area contributed by atoms with E-state index in [2.05, 4.69) is 5.43 Å². The van der Waals surface area contributed by atoms with Crippen molar-refractivity contribution >= 4 is 23.8 Å². The van der Waals surface area contributed by atoms with Crippen LogP contribution in [0.3, 0.4) is 0 Å². The minimum atomic E-state index is -0.543. The molecule has 0 aromatic heterocycles. The molecule has 0 unspecified atom stereocenters. The van der Waals surface area contributed by atoms with Gasteiger partial charge in [-0.3, -0.25) is 19.8 Å². The van der Waals surface area contributed by atoms with Gasteiger partial charge in [-0.2, -0.15) is 5.01 Å². The fourth-order valence-corrected chi connectivity index (χ4v) is 2.17. The number of nitrogens with one attached hydrogen (secondary N) is 1. The normalized spacial score (nSPS) is 13.5. The van der Waals surface area contributed by atoms with Crippen molar-refractivity contribution in [2.24, 2.45) is 0 Å². The van der Waals surface area contributed by atoms with Crippen LogP contribution in [-0.2, 0) is 4.79 Å². The Hall–Kier alpha value is -3.21. The summed E-state index contributed by atoms with van der Waals surface area (Å²) in [5.41, 5.74) is 3.73. The first-order valence-electron chi connectivity index (χ1n) is 6.68. The number of imide groups is 1. The minimum absolute atomic E-state index is 0.292. The lowest BCUT2D eigenvalue weighted by Crippen LogP contribution is -2.45. The molecule has 0 aliphatic carbocycles. The predicted molar refractivity (Wildman–Crippen MR) is 80.6 cm³/mol. The van der Waals surface area contributed by atoms with E-state index in [1.165, 1.54) is 6.08 Å². The van der Waals surface area contributed by atoms with Crippen LogP contribution in [0.15, 0.2) is 60.7 Å². The van der Waals surface area contributed by atoms with Crippen molar-refractivity contribution in [1.29, 1.82) is 0 Å². The van der Waals surface area contributed by atoms with Crippen molar-refractivity contribution in [3.8, 4) is 0 Å². The summed E-state index contributed by atoms with van der Waals surface area (Å²) in [6.07, 6.45) is 2.88. The SMILES string of the molecule is O=C(C=Cc1ccccc1)NN1C(=O)c2ccccc2C1=O. The number of rotatable bonds is 3. The van der Waals surface area contributed by atoms with Gasteiger partial charge < -0.3 is 0 Å². The third-order valence-corrected chi connectivity index (χ3v) is 3.24. The van der Waals surface area contributed by atoms with Crippen molar-refractivity contribution < 1.29 is 14.4 Å². The Bertz CT molecular complexity index is 747. The largest absolute Gasteiger partial charge is 0.280 e. The highest BCUT2D eigenvalue weighted by molar-refractivity contribution is 6.21. The highest BCUT2D eigenvalue weighted by Gasteiger charge is 2.36. The Morgan fingerprint density at radius 1 is 0.864 bits per heavy atom. The van der Waals surface area contributed by atoms with Crippen LogP contribution in [0.5, 0.6) is 0 Å². The van der Waals surface area contributed by atoms with Gasteiger partial charge in [0, 0.05) is 6.08 Å². The first-order valence-corrected chi connectivity index (χ1v) is 6.68. The van der Waals surface area contributed by atoms with Gasteiger partial charge in [-0.15, -0.1) is 0 Å². The Balaban J connectivity index is 1.72. The Labute approximate surface area is 126 Å². The van der Waals surface area contributed by atoms with Crippen molar-refractivity contribution in [3.05, 3.63) is 77.4 Å². The molecule has 0 atom stereocenters. The van der Waals surface area contributed by atoms with Gasteiger partial charge in [0.15, 0.2) is 0 Å². The fourth-order valence-electron chi connectivity index (χ4n) is 2.17. The summed E-state index contributed by atoms with van der Waals surface area (Å²) >= 11 is 0. The topological polar surface area (TPSA) is 66.5 Å². The molecule has 22 heavy (non-hydrogen) atoms. The average molecular weight is 292 g/mol. The fraction of sp³-hybridized carbons (Fsp3) is 0. The van der Waals surface area contributed by atoms with Crippen LogP contribution in [0.4, 0.5) is 0 Å². The first kappa shape index (κ1) is 13.8. The molecule has 2 aromatic rings. The number of hydrogen-bond donors (Lipinski definition) is 1. The summed E-state index contributed by atoms with van der Waals surface area (Å²) in [5.74, 6) is -1.59. The smallest absolute Gasteiger partial charge is 0.268 e. The third-order valence-electron chi connectivity index (χ3n) is 3.24. The molecule has 0 saturated heterocycles. The molecule has 1 aliphatic rings. The van der Waals surface area contributed by atoms with Crippen LogP contribution in [0.25, 0.3) is 6.08 Å². The molecule has 0 bridgehead atoms. The second-order valence-electron chi connectivity index (χ2n) is 4.71. The molecular formula is C17H12N2O3. The maximum atomic E-state index is 12.1. The number of carbonyl (C=O) groups is 3. The minimum Gasteiger partial charge on any atom is -0.268 e. The second-order valence-corrected chi connectivity index (χ2v) is 4.71. The van der Waals surface area contributed by atoms with Crippen LogP contribution < -0.4 is 5.43 Å². The van der Waals surface area contributed by atoms with E-state index in [9.17, 15) is 14.4 Å². The first-order chi connectivity index (χ1) is 10.7. The molecule has 0 fully saturated rings. The lowest BCUT2D eigenvalue weighted by Gasteiger charge is -2.13. The Morgan fingerprint density at radius 3 is 2.00 bits per heavy atom. The molecule has 5 heteroatoms. The number of fused-ring (bicyclic) bond motifs is 1. The van der Waals surface area contributed by atoms with E-state index in [0.717, 1.165) is 10.6 Å². The van der Waals surface area contributed by atoms with E-state index in [1.54, 1.807) is 30.3 Å². The Kier molecular flexibility index (Phi) is 3.53. The van der Waals surface area contributed by atoms with Gasteiger partial charge in [0.1, 0.15) is 0 Å². The van der Waals surface area contributed by atoms with E-state index in [4.69, 9.17) is 0 Å². The van der Waals surface area contributed by atoms with Crippen molar-refractivity contribution in [3.63, 3.8) is 0 Å². The van der Waals surface area contributed by atoms with Gasteiger partial charge in [0.2, 0.25) is 0 Å². The van der Waals surface area contributed by atoms with E-state index >= 15 is 0 Å². The van der Waals surface area contributed by atoms with Crippen LogP contribution in [-0.4, -0.2) is 22.7 Å². The predicted octanol–water partition coefficient (Wildman–Crippen LogP) is 2.03. The molecular weight excluding hydrogens is 280 g/mol. The maximum absolute atomic E-state index is 12.1. The zero-order chi connectivity index (χ0) is 15.5. The van der Waals surface area contributed by atoms with Gasteiger partial charge in [0.05, 0.1) is 11.1 Å². The molecule has 1 heterocycles. The van der Waals surface area contributed by atoms with Crippen molar-refractivity contribution in [2.45, 2.75) is 0 Å². The van der Waals surface area contributed by atoms with Gasteiger partial charge in [-0.1, -0.05) is 42.5 Å². The van der Waals surface area contributed by atoms with Gasteiger partial charge in [-0.25, -0.2) is 0 Å². The van der Waals surface area contributed by atoms with E-state index in [0.29, 0.717) is 11.1 Å². The molecule has 3 amide bonds. The number of hydrazine groups is 1. The number of amides is 3. The summed E-state index contributed by atoms with van der Waals surface area (Å²) < 4.78 is 0. The molecule has 0 spiro atoms.